The van der Waals surface area contributed by atoms with E-state index in [4.69, 9.17) is 0 Å². The maximum Gasteiger partial charge on any atom is 0.0545 e. The van der Waals surface area contributed by atoms with E-state index in [1.807, 2.05) is 0 Å². The number of para-hydroxylation sites is 1. The van der Waals surface area contributed by atoms with Gasteiger partial charge in [0.25, 0.3) is 0 Å². The molecule has 3 aliphatic rings. The van der Waals surface area contributed by atoms with Crippen molar-refractivity contribution in [1.82, 2.24) is 0 Å². The van der Waals surface area contributed by atoms with Crippen LogP contribution in [-0.2, 0) is 10.8 Å². The molecule has 2 aliphatic heterocycles. The molecule has 0 radical (unpaired) electrons. The molecule has 0 fully saturated rings. The van der Waals surface area contributed by atoms with E-state index in [9.17, 15) is 0 Å². The van der Waals surface area contributed by atoms with Crippen molar-refractivity contribution in [3.63, 3.8) is 0 Å². The fourth-order valence-corrected chi connectivity index (χ4v) is 11.9. The molecule has 3 heteroatoms. The molecule has 0 atom stereocenters. The summed E-state index contributed by atoms with van der Waals surface area (Å²) in [5, 5.41) is 4.86. The van der Waals surface area contributed by atoms with Crippen molar-refractivity contribution < 1.29 is 0 Å². The molecule has 0 aromatic heterocycles. The first-order valence-corrected chi connectivity index (χ1v) is 25.1. The molecule has 0 saturated heterocycles. The SMILES string of the molecule is CC1(C)c2ccccc2N2c3ccc(N(c4ccc(-c5ccccc5)cc4)c4cccc5ccccc45)cc3C(C)(C)c3cc(N(c4ccc(C5=CC=CCC5)cc4)c4cccc5ccccc45)cc1c32. The zero-order valence-corrected chi connectivity index (χ0v) is 40.8. The number of benzene rings is 10. The molecule has 0 bridgehead atoms. The molecular weight excluding hydrogens is 859 g/mol. The van der Waals surface area contributed by atoms with E-state index in [1.165, 1.54) is 83.1 Å². The van der Waals surface area contributed by atoms with Crippen molar-refractivity contribution in [2.24, 2.45) is 0 Å². The molecule has 2 heterocycles. The molecule has 71 heavy (non-hydrogen) atoms. The lowest BCUT2D eigenvalue weighted by molar-refractivity contribution is 0.597. The standard InChI is InChI=1S/C68H55N3/c1-67(2)58-29-15-16-30-64(58)71-65-42-41-54(69(62-31-17-25-50-23-11-13-27-56(50)62)52-37-33-48(34-38-52)46-19-7-5-8-20-46)43-59(65)68(3,4)61-45-55(44-60(67)66(61)71)70(63-32-18-26-51-24-12-14-28-57(51)63)53-39-35-49(36-40-53)47-21-9-6-10-22-47/h5-9,11-21,23-45H,10,22H2,1-4H3. The Kier molecular flexibility index (Phi) is 10.0. The summed E-state index contributed by atoms with van der Waals surface area (Å²) in [4.78, 5) is 7.56. The fourth-order valence-electron chi connectivity index (χ4n) is 11.9. The minimum absolute atomic E-state index is 0.299. The Bertz CT molecular complexity index is 3750. The summed E-state index contributed by atoms with van der Waals surface area (Å²) in [6.07, 6.45) is 8.87. The molecule has 13 rings (SSSR count). The summed E-state index contributed by atoms with van der Waals surface area (Å²) in [7, 11) is 0. The zero-order valence-electron chi connectivity index (χ0n) is 40.8. The second-order valence-electron chi connectivity index (χ2n) is 20.5. The Morgan fingerprint density at radius 3 is 1.52 bits per heavy atom. The van der Waals surface area contributed by atoms with Crippen LogP contribution in [-0.4, -0.2) is 0 Å². The topological polar surface area (TPSA) is 9.72 Å². The quantitative estimate of drug-likeness (QED) is 0.150. The number of rotatable bonds is 8. The molecule has 0 unspecified atom stereocenters. The van der Waals surface area contributed by atoms with Crippen LogP contribution in [0.3, 0.4) is 0 Å². The van der Waals surface area contributed by atoms with Gasteiger partial charge in [0.2, 0.25) is 0 Å². The van der Waals surface area contributed by atoms with Crippen LogP contribution in [0.5, 0.6) is 0 Å². The minimum Gasteiger partial charge on any atom is -0.310 e. The smallest absolute Gasteiger partial charge is 0.0545 e. The Morgan fingerprint density at radius 2 is 0.887 bits per heavy atom. The number of fused-ring (bicyclic) bond motifs is 6. The van der Waals surface area contributed by atoms with Gasteiger partial charge in [-0.1, -0.05) is 192 Å². The molecule has 0 amide bonds. The third-order valence-electron chi connectivity index (χ3n) is 15.7. The molecule has 0 N–H and O–H groups in total. The number of allylic oxidation sites excluding steroid dienone is 4. The first kappa shape index (κ1) is 42.7. The van der Waals surface area contributed by atoms with E-state index in [0.29, 0.717) is 0 Å². The first-order valence-electron chi connectivity index (χ1n) is 25.1. The van der Waals surface area contributed by atoms with E-state index < -0.39 is 5.41 Å². The van der Waals surface area contributed by atoms with E-state index in [-0.39, 0.29) is 5.41 Å². The van der Waals surface area contributed by atoms with Crippen LogP contribution in [0.1, 0.15) is 68.4 Å². The van der Waals surface area contributed by atoms with Crippen LogP contribution >= 0.6 is 0 Å². The molecule has 10 aromatic rings. The summed E-state index contributed by atoms with van der Waals surface area (Å²) in [6.45, 7) is 9.73. The average molecular weight is 914 g/mol. The van der Waals surface area contributed by atoms with Crippen LogP contribution in [0.25, 0.3) is 38.2 Å². The Labute approximate surface area is 417 Å². The van der Waals surface area contributed by atoms with Crippen LogP contribution in [0.4, 0.5) is 51.2 Å². The van der Waals surface area contributed by atoms with Crippen LogP contribution in [0.2, 0.25) is 0 Å². The van der Waals surface area contributed by atoms with E-state index in [2.05, 4.69) is 279 Å². The lowest BCUT2D eigenvalue weighted by atomic mass is 9.66. The maximum atomic E-state index is 2.58. The third kappa shape index (κ3) is 6.94. The lowest BCUT2D eigenvalue weighted by Gasteiger charge is -2.50. The van der Waals surface area contributed by atoms with Gasteiger partial charge in [0.1, 0.15) is 0 Å². The Hall–Kier alpha value is -8.40. The predicted octanol–water partition coefficient (Wildman–Crippen LogP) is 19.1. The molecule has 342 valence electrons. The van der Waals surface area contributed by atoms with Crippen molar-refractivity contribution in [2.45, 2.75) is 51.4 Å². The van der Waals surface area contributed by atoms with Gasteiger partial charge in [-0.2, -0.15) is 0 Å². The number of hydrogen-bond donors (Lipinski definition) is 0. The normalized spacial score (nSPS) is 14.9. The van der Waals surface area contributed by atoms with Gasteiger partial charge in [0, 0.05) is 44.4 Å². The lowest BCUT2D eigenvalue weighted by Crippen LogP contribution is -2.38. The van der Waals surface area contributed by atoms with Gasteiger partial charge in [-0.05, 0) is 141 Å². The fraction of sp³-hybridized carbons (Fsp3) is 0.118. The number of anilines is 9. The summed E-state index contributed by atoms with van der Waals surface area (Å²) < 4.78 is 0. The highest BCUT2D eigenvalue weighted by atomic mass is 15.2. The first-order chi connectivity index (χ1) is 34.7. The summed E-state index contributed by atoms with van der Waals surface area (Å²) >= 11 is 0. The zero-order chi connectivity index (χ0) is 47.8. The van der Waals surface area contributed by atoms with Crippen molar-refractivity contribution >= 4 is 78.3 Å². The molecule has 1 aliphatic carbocycles. The molecular formula is C68H55N3. The second-order valence-corrected chi connectivity index (χ2v) is 20.5. The molecule has 0 spiro atoms. The van der Waals surface area contributed by atoms with Crippen LogP contribution < -0.4 is 14.7 Å². The summed E-state index contributed by atoms with van der Waals surface area (Å²) in [5.41, 5.74) is 20.1. The minimum atomic E-state index is -0.416. The van der Waals surface area contributed by atoms with E-state index in [1.54, 1.807) is 0 Å². The largest absolute Gasteiger partial charge is 0.310 e. The number of hydrogen-bond acceptors (Lipinski definition) is 3. The van der Waals surface area contributed by atoms with Gasteiger partial charge >= 0.3 is 0 Å². The van der Waals surface area contributed by atoms with Gasteiger partial charge in [-0.3, -0.25) is 0 Å². The van der Waals surface area contributed by atoms with Crippen molar-refractivity contribution in [3.8, 4) is 11.1 Å². The molecule has 0 saturated carbocycles. The van der Waals surface area contributed by atoms with E-state index >= 15 is 0 Å². The van der Waals surface area contributed by atoms with Gasteiger partial charge in [0.05, 0.1) is 28.4 Å². The van der Waals surface area contributed by atoms with Gasteiger partial charge in [0.15, 0.2) is 0 Å². The van der Waals surface area contributed by atoms with Gasteiger partial charge in [-0.15, -0.1) is 0 Å². The van der Waals surface area contributed by atoms with Crippen molar-refractivity contribution in [3.05, 3.63) is 264 Å². The Balaban J connectivity index is 1.03. The number of nitrogens with zero attached hydrogens (tertiary/aromatic N) is 3. The van der Waals surface area contributed by atoms with Gasteiger partial charge < -0.3 is 14.7 Å². The predicted molar refractivity (Wildman–Crippen MR) is 302 cm³/mol. The Morgan fingerprint density at radius 1 is 0.394 bits per heavy atom. The summed E-state index contributed by atoms with van der Waals surface area (Å²) in [6, 6.07) is 81.3. The molecule has 3 nitrogen and oxygen atoms in total. The van der Waals surface area contributed by atoms with Crippen LogP contribution in [0.15, 0.2) is 237 Å². The highest BCUT2D eigenvalue weighted by Crippen LogP contribution is 2.62. The third-order valence-corrected chi connectivity index (χ3v) is 15.7. The average Bonchev–Trinajstić information content (AvgIpc) is 3.42. The maximum absolute atomic E-state index is 2.58. The van der Waals surface area contributed by atoms with E-state index in [0.717, 1.165) is 47.0 Å². The van der Waals surface area contributed by atoms with Crippen LogP contribution in [0, 0.1) is 0 Å². The second kappa shape index (κ2) is 16.6. The molecule has 10 aromatic carbocycles. The highest BCUT2D eigenvalue weighted by Gasteiger charge is 2.46. The summed E-state index contributed by atoms with van der Waals surface area (Å²) in [5.74, 6) is 0. The van der Waals surface area contributed by atoms with Crippen molar-refractivity contribution in [2.75, 3.05) is 14.7 Å². The monoisotopic (exact) mass is 913 g/mol. The van der Waals surface area contributed by atoms with Crippen molar-refractivity contribution in [1.29, 1.82) is 0 Å². The highest BCUT2D eigenvalue weighted by molar-refractivity contribution is 6.02. The van der Waals surface area contributed by atoms with Gasteiger partial charge in [-0.25, -0.2) is 0 Å².